The van der Waals surface area contributed by atoms with E-state index in [1.807, 2.05) is 37.4 Å². The van der Waals surface area contributed by atoms with E-state index >= 15 is 0 Å². The molecule has 160 valence electrons. The molecular weight excluding hydrogens is 458 g/mol. The van der Waals surface area contributed by atoms with E-state index in [1.165, 1.54) is 0 Å². The number of hydrogen-bond acceptors (Lipinski definition) is 6. The van der Waals surface area contributed by atoms with Crippen LogP contribution in [0.5, 0.6) is 5.75 Å². The summed E-state index contributed by atoms with van der Waals surface area (Å²) in [4.78, 5) is 4.38. The molecule has 3 N–H and O–H groups in total. The normalized spacial score (nSPS) is 15.9. The van der Waals surface area contributed by atoms with Gasteiger partial charge < -0.3 is 20.2 Å². The molecule has 0 radical (unpaired) electrons. The highest BCUT2D eigenvalue weighted by molar-refractivity contribution is 9.10. The second-order valence-corrected chi connectivity index (χ2v) is 8.69. The minimum atomic E-state index is -0.235. The fourth-order valence-electron chi connectivity index (χ4n) is 4.11. The van der Waals surface area contributed by atoms with Crippen LogP contribution in [0.2, 0.25) is 0 Å². The highest BCUT2D eigenvalue weighted by Gasteiger charge is 2.22. The number of furan rings is 1. The Kier molecular flexibility index (Phi) is 5.41. The molecule has 7 nitrogen and oxygen atoms in total. The third kappa shape index (κ3) is 3.81. The van der Waals surface area contributed by atoms with Crippen molar-refractivity contribution in [3.8, 4) is 16.9 Å². The maximum atomic E-state index is 6.24. The van der Waals surface area contributed by atoms with E-state index in [0.717, 1.165) is 52.5 Å². The average molecular weight is 482 g/mol. The van der Waals surface area contributed by atoms with Gasteiger partial charge in [0, 0.05) is 33.6 Å². The van der Waals surface area contributed by atoms with Gasteiger partial charge in [0.05, 0.1) is 17.6 Å². The number of nitrogens with two attached hydrogens (primary N) is 1. The van der Waals surface area contributed by atoms with E-state index in [-0.39, 0.29) is 6.10 Å². The van der Waals surface area contributed by atoms with Crippen LogP contribution in [0.4, 0.5) is 5.82 Å². The first-order valence-corrected chi connectivity index (χ1v) is 11.2. The average Bonchev–Trinajstić information content (AvgIpc) is 3.44. The van der Waals surface area contributed by atoms with E-state index in [1.54, 1.807) is 12.5 Å². The third-order valence-corrected chi connectivity index (χ3v) is 6.56. The Morgan fingerprint density at radius 3 is 2.87 bits per heavy atom. The molecule has 4 heterocycles. The van der Waals surface area contributed by atoms with Crippen molar-refractivity contribution < 1.29 is 9.15 Å². The van der Waals surface area contributed by atoms with Crippen LogP contribution in [0.1, 0.15) is 37.5 Å². The Morgan fingerprint density at radius 1 is 1.26 bits per heavy atom. The summed E-state index contributed by atoms with van der Waals surface area (Å²) >= 11 is 3.58. The summed E-state index contributed by atoms with van der Waals surface area (Å²) in [6, 6.07) is 8.38. The molecule has 0 bridgehead atoms. The minimum absolute atomic E-state index is 0.235. The molecule has 31 heavy (non-hydrogen) atoms. The molecule has 1 fully saturated rings. The Labute approximate surface area is 188 Å². The zero-order valence-electron chi connectivity index (χ0n) is 17.2. The maximum absolute atomic E-state index is 6.24. The Morgan fingerprint density at radius 2 is 2.06 bits per heavy atom. The van der Waals surface area contributed by atoms with Crippen LogP contribution < -0.4 is 15.8 Å². The monoisotopic (exact) mass is 481 g/mol. The van der Waals surface area contributed by atoms with E-state index < -0.39 is 0 Å². The number of aromatic nitrogens is 3. The molecule has 1 unspecified atom stereocenters. The first-order chi connectivity index (χ1) is 15.1. The molecular formula is C23H24BrN5O2. The highest BCUT2D eigenvalue weighted by Crippen LogP contribution is 2.40. The van der Waals surface area contributed by atoms with Crippen molar-refractivity contribution in [1.29, 1.82) is 0 Å². The van der Waals surface area contributed by atoms with Gasteiger partial charge in [-0.1, -0.05) is 34.1 Å². The Bertz CT molecular complexity index is 1210. The van der Waals surface area contributed by atoms with E-state index in [2.05, 4.69) is 42.2 Å². The number of benzene rings is 1. The predicted molar refractivity (Wildman–Crippen MR) is 124 cm³/mol. The first kappa shape index (κ1) is 20.1. The Hall–Kier alpha value is -2.84. The molecule has 1 saturated heterocycles. The number of nitrogens with zero attached hydrogens (tertiary/aromatic N) is 3. The van der Waals surface area contributed by atoms with Crippen molar-refractivity contribution >= 4 is 32.7 Å². The van der Waals surface area contributed by atoms with Gasteiger partial charge in [-0.25, -0.2) is 4.98 Å². The molecule has 0 spiro atoms. The number of halogens is 1. The first-order valence-electron chi connectivity index (χ1n) is 10.4. The van der Waals surface area contributed by atoms with Gasteiger partial charge in [0.25, 0.3) is 0 Å². The smallest absolute Gasteiger partial charge is 0.205 e. The number of rotatable bonds is 5. The summed E-state index contributed by atoms with van der Waals surface area (Å²) in [5.41, 5.74) is 9.71. The molecule has 3 aromatic heterocycles. The van der Waals surface area contributed by atoms with Gasteiger partial charge in [-0.2, -0.15) is 5.10 Å². The second kappa shape index (κ2) is 8.36. The van der Waals surface area contributed by atoms with Crippen molar-refractivity contribution in [2.45, 2.75) is 31.9 Å². The SMILES string of the molecule is CC(Oc1c(N)ncc2c(-c3cnn(C4CCNCC4)c3)coc12)c1ccccc1Br. The standard InChI is InChI=1S/C23H24BrN5O2/c1-14(17-4-2-3-5-20(17)24)31-22-21-18(11-27-23(22)25)19(13-30-21)15-10-28-29(12-15)16-6-8-26-9-7-16/h2-5,10-14,16,26H,6-9H2,1H3,(H2,25,27). The highest BCUT2D eigenvalue weighted by atomic mass is 79.9. The van der Waals surface area contributed by atoms with Crippen LogP contribution >= 0.6 is 15.9 Å². The largest absolute Gasteiger partial charge is 0.478 e. The molecule has 1 aliphatic heterocycles. The van der Waals surface area contributed by atoms with Gasteiger partial charge in [-0.3, -0.25) is 4.68 Å². The van der Waals surface area contributed by atoms with Crippen molar-refractivity contribution in [2.24, 2.45) is 0 Å². The molecule has 8 heteroatoms. The summed E-state index contributed by atoms with van der Waals surface area (Å²) in [6.45, 7) is 4.02. The lowest BCUT2D eigenvalue weighted by atomic mass is 10.1. The summed E-state index contributed by atoms with van der Waals surface area (Å²) in [5, 5.41) is 8.85. The van der Waals surface area contributed by atoms with Gasteiger partial charge >= 0.3 is 0 Å². The number of piperidine rings is 1. The molecule has 0 amide bonds. The quantitative estimate of drug-likeness (QED) is 0.411. The third-order valence-electron chi connectivity index (χ3n) is 5.83. The molecule has 1 aliphatic rings. The maximum Gasteiger partial charge on any atom is 0.205 e. The number of pyridine rings is 1. The lowest BCUT2D eigenvalue weighted by Gasteiger charge is -2.22. The minimum Gasteiger partial charge on any atom is -0.478 e. The molecule has 1 aromatic carbocycles. The lowest BCUT2D eigenvalue weighted by molar-refractivity contribution is 0.227. The molecule has 5 rings (SSSR count). The number of ether oxygens (including phenoxy) is 1. The van der Waals surface area contributed by atoms with Crippen LogP contribution in [0.25, 0.3) is 22.1 Å². The summed E-state index contributed by atoms with van der Waals surface area (Å²) < 4.78 is 15.2. The fraction of sp³-hybridized carbons (Fsp3) is 0.304. The van der Waals surface area contributed by atoms with E-state index in [4.69, 9.17) is 14.9 Å². The van der Waals surface area contributed by atoms with Gasteiger partial charge in [0.15, 0.2) is 11.4 Å². The van der Waals surface area contributed by atoms with Crippen LogP contribution in [0.15, 0.2) is 58.0 Å². The zero-order chi connectivity index (χ0) is 21.4. The number of anilines is 1. The van der Waals surface area contributed by atoms with Gasteiger partial charge in [-0.15, -0.1) is 0 Å². The topological polar surface area (TPSA) is 91.1 Å². The van der Waals surface area contributed by atoms with Crippen LogP contribution in [-0.4, -0.2) is 27.9 Å². The second-order valence-electron chi connectivity index (χ2n) is 7.84. The van der Waals surface area contributed by atoms with E-state index in [9.17, 15) is 0 Å². The van der Waals surface area contributed by atoms with Crippen LogP contribution in [-0.2, 0) is 0 Å². The van der Waals surface area contributed by atoms with Crippen molar-refractivity contribution in [3.05, 3.63) is 59.2 Å². The van der Waals surface area contributed by atoms with Crippen molar-refractivity contribution in [2.75, 3.05) is 18.8 Å². The van der Waals surface area contributed by atoms with Crippen LogP contribution in [0, 0.1) is 0 Å². The summed E-state index contributed by atoms with van der Waals surface area (Å²) in [6.07, 6.45) is 9.36. The number of nitrogen functional groups attached to an aromatic ring is 1. The van der Waals surface area contributed by atoms with Crippen LogP contribution in [0.3, 0.4) is 0 Å². The fourth-order valence-corrected chi connectivity index (χ4v) is 4.72. The molecule has 1 atom stereocenters. The number of hydrogen-bond donors (Lipinski definition) is 2. The lowest BCUT2D eigenvalue weighted by Crippen LogP contribution is -2.29. The molecule has 0 aliphatic carbocycles. The number of nitrogens with one attached hydrogen (secondary N) is 1. The van der Waals surface area contributed by atoms with Crippen molar-refractivity contribution in [1.82, 2.24) is 20.1 Å². The number of fused-ring (bicyclic) bond motifs is 1. The van der Waals surface area contributed by atoms with Gasteiger partial charge in [-0.05, 0) is 38.9 Å². The molecule has 0 saturated carbocycles. The zero-order valence-corrected chi connectivity index (χ0v) is 18.8. The summed E-state index contributed by atoms with van der Waals surface area (Å²) in [7, 11) is 0. The van der Waals surface area contributed by atoms with Gasteiger partial charge in [0.2, 0.25) is 5.75 Å². The van der Waals surface area contributed by atoms with Gasteiger partial charge in [0.1, 0.15) is 12.4 Å². The molecule has 4 aromatic rings. The van der Waals surface area contributed by atoms with Crippen molar-refractivity contribution in [3.63, 3.8) is 0 Å². The summed E-state index contributed by atoms with van der Waals surface area (Å²) in [5.74, 6) is 0.760. The predicted octanol–water partition coefficient (Wildman–Crippen LogP) is 5.10. The Balaban J connectivity index is 1.48. The van der Waals surface area contributed by atoms with E-state index in [0.29, 0.717) is 23.2 Å².